The zero-order valence-electron chi connectivity index (χ0n) is 21.2. The van der Waals surface area contributed by atoms with E-state index in [-0.39, 0.29) is 12.2 Å². The second kappa shape index (κ2) is 11.2. The number of carbonyl (C=O) groups excluding carboxylic acids is 1. The van der Waals surface area contributed by atoms with Crippen LogP contribution in [0.3, 0.4) is 0 Å². The molecule has 212 valence electrons. The van der Waals surface area contributed by atoms with Crippen LogP contribution in [0.15, 0.2) is 12.2 Å². The number of ether oxygens (including phenoxy) is 1. The summed E-state index contributed by atoms with van der Waals surface area (Å²) < 4.78 is 129. The molecule has 0 heterocycles. The summed E-state index contributed by atoms with van der Waals surface area (Å²) in [4.78, 5) is 22.4. The van der Waals surface area contributed by atoms with Crippen molar-refractivity contribution in [3.8, 4) is 0 Å². The molecule has 0 saturated heterocycles. The van der Waals surface area contributed by atoms with Gasteiger partial charge >= 0.3 is 44.2 Å². The molecule has 1 atom stereocenters. The van der Waals surface area contributed by atoms with Gasteiger partial charge in [0.1, 0.15) is 0 Å². The van der Waals surface area contributed by atoms with E-state index in [0.29, 0.717) is 0 Å². The fourth-order valence-electron chi connectivity index (χ4n) is 3.13. The zero-order valence-corrected chi connectivity index (χ0v) is 24.2. The van der Waals surface area contributed by atoms with Crippen molar-refractivity contribution in [1.29, 1.82) is 0 Å². The first-order valence-corrected chi connectivity index (χ1v) is 20.0. The van der Waals surface area contributed by atoms with E-state index in [2.05, 4.69) is 4.74 Å². The maximum absolute atomic E-state index is 14.9. The maximum atomic E-state index is 14.9. The third-order valence-electron chi connectivity index (χ3n) is 4.29. The van der Waals surface area contributed by atoms with E-state index in [1.54, 1.807) is 39.3 Å². The van der Waals surface area contributed by atoms with Crippen LogP contribution in [-0.2, 0) is 22.6 Å². The summed E-state index contributed by atoms with van der Waals surface area (Å²) in [6.45, 7) is 11.2. The first kappa shape index (κ1) is 34.7. The number of carboxylic acid groups (broad SMARTS) is 1. The van der Waals surface area contributed by atoms with Crippen molar-refractivity contribution in [2.45, 2.75) is 95.0 Å². The van der Waals surface area contributed by atoms with Gasteiger partial charge in [-0.15, -0.1) is 0 Å². The Balaban J connectivity index is 6.48. The molecule has 0 fully saturated rings. The summed E-state index contributed by atoms with van der Waals surface area (Å²) in [5.41, 5.74) is 0. The third-order valence-corrected chi connectivity index (χ3v) is 13.8. The van der Waals surface area contributed by atoms with Crippen LogP contribution in [0, 0.1) is 0 Å². The minimum Gasteiger partial charge on any atom is -0.478 e. The molecule has 0 aromatic heterocycles. The smallest absolute Gasteiger partial charge is 0.381 e. The molecule has 0 aliphatic heterocycles. The molecule has 0 aliphatic rings. The van der Waals surface area contributed by atoms with Gasteiger partial charge in [-0.3, -0.25) is 0 Å². The Kier molecular flexibility index (Phi) is 10.8. The summed E-state index contributed by atoms with van der Waals surface area (Å²) in [6.07, 6.45) is -4.36. The second-order valence-electron chi connectivity index (χ2n) is 10.4. The standard InChI is InChI=1S/C19H32F8O6Si3/c1-16(20,21)18(24,25)19(26,27)17(22,23)13(31-15(30)10-9-14(28)29)11-12-36(8,32-34(2,3)4)33-35(5,6)7/h9-10,13H,11-12H2,1-8H3,(H,28,29). The van der Waals surface area contributed by atoms with Crippen molar-refractivity contribution >= 4 is 37.1 Å². The van der Waals surface area contributed by atoms with Gasteiger partial charge in [-0.05, 0) is 58.3 Å². The molecule has 0 aromatic rings. The Morgan fingerprint density at radius 1 is 0.806 bits per heavy atom. The lowest BCUT2D eigenvalue weighted by Gasteiger charge is -2.41. The van der Waals surface area contributed by atoms with E-state index in [1.807, 2.05) is 0 Å². The Hall–Kier alpha value is -1.31. The fraction of sp³-hybridized carbons (Fsp3) is 0.789. The SMILES string of the molecule is CC(F)(F)C(F)(F)C(F)(F)C(F)(F)C(CC[Si](C)(O[Si](C)(C)C)O[Si](C)(C)C)OC(=O)C=CC(=O)O. The number of alkyl halides is 8. The highest BCUT2D eigenvalue weighted by atomic mass is 28.5. The topological polar surface area (TPSA) is 82.1 Å². The number of carbonyl (C=O) groups is 2. The van der Waals surface area contributed by atoms with Gasteiger partial charge in [-0.2, -0.15) is 35.1 Å². The molecule has 0 aliphatic carbocycles. The average molecular weight is 593 g/mol. The Morgan fingerprint density at radius 2 is 1.22 bits per heavy atom. The van der Waals surface area contributed by atoms with Gasteiger partial charge in [0.15, 0.2) is 22.7 Å². The van der Waals surface area contributed by atoms with Crippen molar-refractivity contribution in [3.63, 3.8) is 0 Å². The van der Waals surface area contributed by atoms with Gasteiger partial charge in [0.2, 0.25) is 0 Å². The van der Waals surface area contributed by atoms with Crippen LogP contribution in [0.5, 0.6) is 0 Å². The summed E-state index contributed by atoms with van der Waals surface area (Å²) in [6, 6.07) is -0.554. The Bertz CT molecular complexity index is 803. The molecular formula is C19H32F8O6Si3. The fourth-order valence-corrected chi connectivity index (χ4v) is 15.6. The molecule has 0 rings (SSSR count). The molecule has 1 unspecified atom stereocenters. The van der Waals surface area contributed by atoms with Crippen molar-refractivity contribution in [1.82, 2.24) is 0 Å². The molecule has 0 amide bonds. The van der Waals surface area contributed by atoms with Crippen LogP contribution in [0.25, 0.3) is 0 Å². The maximum Gasteiger partial charge on any atom is 0.381 e. The minimum absolute atomic E-state index is 0.0872. The Labute approximate surface area is 207 Å². The lowest BCUT2D eigenvalue weighted by atomic mass is 9.94. The molecule has 0 saturated carbocycles. The van der Waals surface area contributed by atoms with E-state index in [4.69, 9.17) is 13.3 Å². The highest BCUT2D eigenvalue weighted by molar-refractivity contribution is 6.87. The molecule has 0 aromatic carbocycles. The number of carboxylic acids is 1. The third kappa shape index (κ3) is 9.53. The van der Waals surface area contributed by atoms with E-state index < -0.39 is 86.3 Å². The van der Waals surface area contributed by atoms with Crippen LogP contribution in [0.4, 0.5) is 35.1 Å². The monoisotopic (exact) mass is 592 g/mol. The van der Waals surface area contributed by atoms with Crippen molar-refractivity contribution in [3.05, 3.63) is 12.2 Å². The van der Waals surface area contributed by atoms with Crippen molar-refractivity contribution in [2.75, 3.05) is 0 Å². The van der Waals surface area contributed by atoms with E-state index in [0.717, 1.165) is 0 Å². The number of hydrogen-bond donors (Lipinski definition) is 1. The van der Waals surface area contributed by atoms with Crippen LogP contribution in [0.2, 0.25) is 51.9 Å². The highest BCUT2D eigenvalue weighted by Gasteiger charge is 2.81. The summed E-state index contributed by atoms with van der Waals surface area (Å²) in [5.74, 6) is -28.4. The minimum atomic E-state index is -6.67. The van der Waals surface area contributed by atoms with Gasteiger partial charge < -0.3 is 18.1 Å². The van der Waals surface area contributed by atoms with Gasteiger partial charge in [-0.1, -0.05) is 0 Å². The van der Waals surface area contributed by atoms with Crippen LogP contribution in [-0.4, -0.2) is 72.0 Å². The lowest BCUT2D eigenvalue weighted by Crippen LogP contribution is -2.65. The lowest BCUT2D eigenvalue weighted by molar-refractivity contribution is -0.376. The quantitative estimate of drug-likeness (QED) is 0.111. The number of rotatable bonds is 14. The average Bonchev–Trinajstić information content (AvgIpc) is 2.58. The van der Waals surface area contributed by atoms with Gasteiger partial charge in [0.25, 0.3) is 0 Å². The summed E-state index contributed by atoms with van der Waals surface area (Å²) in [5, 5.41) is 8.54. The molecule has 0 spiro atoms. The van der Waals surface area contributed by atoms with E-state index in [1.165, 1.54) is 6.55 Å². The first-order chi connectivity index (χ1) is 15.6. The molecule has 36 heavy (non-hydrogen) atoms. The molecule has 0 radical (unpaired) electrons. The predicted octanol–water partition coefficient (Wildman–Crippen LogP) is 6.27. The van der Waals surface area contributed by atoms with Gasteiger partial charge in [0, 0.05) is 19.1 Å². The molecule has 0 bridgehead atoms. The molecule has 6 nitrogen and oxygen atoms in total. The number of aliphatic carboxylic acids is 1. The van der Waals surface area contributed by atoms with Gasteiger partial charge in [-0.25, -0.2) is 9.59 Å². The van der Waals surface area contributed by atoms with Crippen molar-refractivity contribution < 1.29 is 62.8 Å². The Morgan fingerprint density at radius 3 is 1.56 bits per heavy atom. The zero-order chi connectivity index (χ0) is 29.2. The predicted molar refractivity (Wildman–Crippen MR) is 122 cm³/mol. The van der Waals surface area contributed by atoms with E-state index in [9.17, 15) is 44.7 Å². The normalized spacial score (nSPS) is 15.8. The molecule has 1 N–H and O–H groups in total. The second-order valence-corrected chi connectivity index (χ2v) is 23.2. The molecule has 17 heteroatoms. The van der Waals surface area contributed by atoms with Crippen LogP contribution in [0.1, 0.15) is 13.3 Å². The first-order valence-electron chi connectivity index (χ1n) is 10.6. The number of esters is 1. The highest BCUT2D eigenvalue weighted by Crippen LogP contribution is 2.54. The number of halogens is 8. The van der Waals surface area contributed by atoms with Gasteiger partial charge in [0.05, 0.1) is 0 Å². The van der Waals surface area contributed by atoms with Crippen molar-refractivity contribution in [2.24, 2.45) is 0 Å². The number of hydrogen-bond acceptors (Lipinski definition) is 5. The van der Waals surface area contributed by atoms with Crippen LogP contribution < -0.4 is 0 Å². The van der Waals surface area contributed by atoms with Crippen LogP contribution >= 0.6 is 0 Å². The summed E-state index contributed by atoms with van der Waals surface area (Å²) in [7, 11) is -8.36. The largest absolute Gasteiger partial charge is 0.478 e. The molecular weight excluding hydrogens is 560 g/mol. The van der Waals surface area contributed by atoms with E-state index >= 15 is 0 Å². The summed E-state index contributed by atoms with van der Waals surface area (Å²) >= 11 is 0.